The van der Waals surface area contributed by atoms with Gasteiger partial charge in [0.05, 0.1) is 0 Å². The zero-order chi connectivity index (χ0) is 15.1. The van der Waals surface area contributed by atoms with E-state index in [4.69, 9.17) is 5.11 Å². The summed E-state index contributed by atoms with van der Waals surface area (Å²) in [6.45, 7) is 9.74. The van der Waals surface area contributed by atoms with Crippen LogP contribution in [0.3, 0.4) is 0 Å². The van der Waals surface area contributed by atoms with Crippen LogP contribution in [-0.2, 0) is 9.59 Å². The molecule has 0 spiro atoms. The van der Waals surface area contributed by atoms with Gasteiger partial charge in [-0.25, -0.2) is 4.79 Å². The van der Waals surface area contributed by atoms with Crippen LogP contribution >= 0.6 is 0 Å². The predicted molar refractivity (Wildman–Crippen MR) is 78.1 cm³/mol. The number of allylic oxidation sites excluding steroid dienone is 4. The van der Waals surface area contributed by atoms with Crippen molar-refractivity contribution in [3.8, 4) is 0 Å². The maximum absolute atomic E-state index is 11.7. The van der Waals surface area contributed by atoms with Gasteiger partial charge in [-0.05, 0) is 46.5 Å². The van der Waals surface area contributed by atoms with Crippen LogP contribution in [0.5, 0.6) is 0 Å². The Kier molecular flexibility index (Phi) is 7.35. The largest absolute Gasteiger partial charge is 0.475 e. The Bertz CT molecular complexity index is 387. The van der Waals surface area contributed by atoms with E-state index in [-0.39, 0.29) is 0 Å². The van der Waals surface area contributed by atoms with Crippen molar-refractivity contribution in [1.29, 1.82) is 0 Å². The number of hydrogen-bond donors (Lipinski definition) is 1. The average Bonchev–Trinajstić information content (AvgIpc) is 2.34. The molecule has 0 aromatic heterocycles. The van der Waals surface area contributed by atoms with Gasteiger partial charge in [-0.3, -0.25) is 4.79 Å². The van der Waals surface area contributed by atoms with Gasteiger partial charge in [0.1, 0.15) is 0 Å². The van der Waals surface area contributed by atoms with Crippen molar-refractivity contribution >= 4 is 11.8 Å². The maximum atomic E-state index is 11.7. The lowest BCUT2D eigenvalue weighted by atomic mass is 9.79. The minimum absolute atomic E-state index is 0.495. The summed E-state index contributed by atoms with van der Waals surface area (Å²) in [5, 5.41) is 8.84. The minimum Gasteiger partial charge on any atom is -0.475 e. The fourth-order valence-electron chi connectivity index (χ4n) is 1.75. The zero-order valence-corrected chi connectivity index (χ0v) is 12.7. The fourth-order valence-corrected chi connectivity index (χ4v) is 1.75. The van der Waals surface area contributed by atoms with Gasteiger partial charge in [-0.2, -0.15) is 0 Å². The zero-order valence-electron chi connectivity index (χ0n) is 12.7. The van der Waals surface area contributed by atoms with Crippen molar-refractivity contribution in [2.75, 3.05) is 0 Å². The molecule has 0 saturated heterocycles. The molecule has 0 amide bonds. The number of carbonyl (C=O) groups excluding carboxylic acids is 1. The van der Waals surface area contributed by atoms with E-state index in [1.165, 1.54) is 11.1 Å². The second-order valence-corrected chi connectivity index (χ2v) is 5.62. The Morgan fingerprint density at radius 1 is 1.16 bits per heavy atom. The SMILES string of the molecule is CCC(C)(CC=C(C)CCC=C(C)C)C(=O)C(=O)O. The highest BCUT2D eigenvalue weighted by Gasteiger charge is 2.34. The molecular weight excluding hydrogens is 240 g/mol. The second-order valence-electron chi connectivity index (χ2n) is 5.62. The van der Waals surface area contributed by atoms with Crippen molar-refractivity contribution < 1.29 is 14.7 Å². The number of carboxylic acid groups (broad SMARTS) is 1. The van der Waals surface area contributed by atoms with Gasteiger partial charge in [0.2, 0.25) is 5.78 Å². The fraction of sp³-hybridized carbons (Fsp3) is 0.625. The highest BCUT2D eigenvalue weighted by molar-refractivity contribution is 6.34. The smallest absolute Gasteiger partial charge is 0.372 e. The first-order chi connectivity index (χ1) is 8.73. The van der Waals surface area contributed by atoms with Crippen molar-refractivity contribution in [2.45, 2.75) is 60.3 Å². The van der Waals surface area contributed by atoms with Gasteiger partial charge < -0.3 is 5.11 Å². The summed E-state index contributed by atoms with van der Waals surface area (Å²) in [4.78, 5) is 22.5. The summed E-state index contributed by atoms with van der Waals surface area (Å²) < 4.78 is 0. The van der Waals surface area contributed by atoms with Gasteiger partial charge in [0, 0.05) is 5.41 Å². The third kappa shape index (κ3) is 6.37. The number of rotatable bonds is 8. The van der Waals surface area contributed by atoms with Gasteiger partial charge >= 0.3 is 5.97 Å². The first-order valence-corrected chi connectivity index (χ1v) is 6.79. The molecule has 0 aromatic rings. The average molecular weight is 266 g/mol. The van der Waals surface area contributed by atoms with E-state index in [9.17, 15) is 9.59 Å². The van der Waals surface area contributed by atoms with Crippen molar-refractivity contribution in [3.63, 3.8) is 0 Å². The van der Waals surface area contributed by atoms with Crippen LogP contribution in [0, 0.1) is 5.41 Å². The van der Waals surface area contributed by atoms with E-state index in [0.29, 0.717) is 12.8 Å². The molecule has 1 N–H and O–H groups in total. The van der Waals surface area contributed by atoms with Crippen LogP contribution in [0.25, 0.3) is 0 Å². The summed E-state index contributed by atoms with van der Waals surface area (Å²) in [7, 11) is 0. The van der Waals surface area contributed by atoms with Crippen LogP contribution in [-0.4, -0.2) is 16.9 Å². The predicted octanol–water partition coefficient (Wildman–Crippen LogP) is 4.14. The molecule has 19 heavy (non-hydrogen) atoms. The van der Waals surface area contributed by atoms with E-state index in [1.807, 2.05) is 19.9 Å². The van der Waals surface area contributed by atoms with Crippen molar-refractivity contribution in [2.24, 2.45) is 5.41 Å². The van der Waals surface area contributed by atoms with Gasteiger partial charge in [0.25, 0.3) is 0 Å². The van der Waals surface area contributed by atoms with Crippen molar-refractivity contribution in [3.05, 3.63) is 23.3 Å². The summed E-state index contributed by atoms with van der Waals surface area (Å²) in [6, 6.07) is 0. The van der Waals surface area contributed by atoms with E-state index in [2.05, 4.69) is 19.9 Å². The first kappa shape index (κ1) is 17.6. The normalized spacial score (nSPS) is 14.7. The molecule has 0 aliphatic carbocycles. The lowest BCUT2D eigenvalue weighted by Gasteiger charge is -2.23. The lowest BCUT2D eigenvalue weighted by Crippen LogP contribution is -2.32. The lowest BCUT2D eigenvalue weighted by molar-refractivity contribution is -0.153. The molecule has 0 saturated carbocycles. The Hall–Kier alpha value is -1.38. The third-order valence-corrected chi connectivity index (χ3v) is 3.52. The number of carboxylic acids is 1. The Morgan fingerprint density at radius 2 is 1.74 bits per heavy atom. The number of hydrogen-bond acceptors (Lipinski definition) is 2. The second kappa shape index (κ2) is 7.93. The molecule has 0 bridgehead atoms. The maximum Gasteiger partial charge on any atom is 0.372 e. The Labute approximate surface area is 116 Å². The molecule has 0 fully saturated rings. The van der Waals surface area contributed by atoms with Crippen LogP contribution in [0.2, 0.25) is 0 Å². The number of Topliss-reactive ketones (excluding diaryl/α,β-unsaturated/α-hetero) is 1. The first-order valence-electron chi connectivity index (χ1n) is 6.79. The highest BCUT2D eigenvalue weighted by atomic mass is 16.4. The summed E-state index contributed by atoms with van der Waals surface area (Å²) >= 11 is 0. The molecule has 0 aliphatic heterocycles. The quantitative estimate of drug-likeness (QED) is 0.530. The number of ketones is 1. The molecule has 0 aromatic carbocycles. The molecule has 0 heterocycles. The Morgan fingerprint density at radius 3 is 2.16 bits per heavy atom. The van der Waals surface area contributed by atoms with Crippen LogP contribution in [0.15, 0.2) is 23.3 Å². The van der Waals surface area contributed by atoms with Crippen LogP contribution in [0.1, 0.15) is 60.3 Å². The number of aliphatic carboxylic acids is 1. The molecule has 3 heteroatoms. The van der Waals surface area contributed by atoms with Crippen LogP contribution in [0.4, 0.5) is 0 Å². The monoisotopic (exact) mass is 266 g/mol. The summed E-state index contributed by atoms with van der Waals surface area (Å²) in [5.41, 5.74) is 1.71. The molecule has 0 aliphatic rings. The Balaban J connectivity index is 4.60. The molecular formula is C16H26O3. The van der Waals surface area contributed by atoms with E-state index in [0.717, 1.165) is 12.8 Å². The van der Waals surface area contributed by atoms with E-state index < -0.39 is 17.2 Å². The standard InChI is InChI=1S/C16H26O3/c1-6-16(5,14(17)15(18)19)11-10-13(4)9-7-8-12(2)3/h8,10H,6-7,9,11H2,1-5H3,(H,18,19). The molecule has 0 rings (SSSR count). The molecule has 1 atom stereocenters. The number of carbonyl (C=O) groups is 2. The molecule has 108 valence electrons. The van der Waals surface area contributed by atoms with E-state index >= 15 is 0 Å². The van der Waals surface area contributed by atoms with E-state index in [1.54, 1.807) is 6.92 Å². The van der Waals surface area contributed by atoms with Crippen molar-refractivity contribution in [1.82, 2.24) is 0 Å². The molecule has 3 nitrogen and oxygen atoms in total. The third-order valence-electron chi connectivity index (χ3n) is 3.52. The van der Waals surface area contributed by atoms with Gasteiger partial charge in [-0.1, -0.05) is 37.1 Å². The topological polar surface area (TPSA) is 54.4 Å². The summed E-state index contributed by atoms with van der Waals surface area (Å²) in [5.74, 6) is -2.02. The van der Waals surface area contributed by atoms with Gasteiger partial charge in [-0.15, -0.1) is 0 Å². The molecule has 0 radical (unpaired) electrons. The minimum atomic E-state index is -1.33. The molecule has 1 unspecified atom stereocenters. The van der Waals surface area contributed by atoms with Crippen LogP contribution < -0.4 is 0 Å². The highest BCUT2D eigenvalue weighted by Crippen LogP contribution is 2.28. The summed E-state index contributed by atoms with van der Waals surface area (Å²) in [6.07, 6.45) is 7.15. The van der Waals surface area contributed by atoms with Gasteiger partial charge in [0.15, 0.2) is 0 Å².